The fourth-order valence-corrected chi connectivity index (χ4v) is 2.91. The molecule has 0 bridgehead atoms. The maximum absolute atomic E-state index is 12.2. The lowest BCUT2D eigenvalue weighted by Gasteiger charge is -2.10. The highest BCUT2D eigenvalue weighted by atomic mass is 32.2. The Morgan fingerprint density at radius 3 is 2.60 bits per heavy atom. The zero-order valence-corrected chi connectivity index (χ0v) is 11.6. The number of nitrogens with zero attached hydrogens (tertiary/aromatic N) is 1. The molecule has 0 amide bonds. The summed E-state index contributed by atoms with van der Waals surface area (Å²) in [5.41, 5.74) is 3.73. The Labute approximate surface area is 118 Å². The fraction of sp³-hybridized carbons (Fsp3) is 0.154. The van der Waals surface area contributed by atoms with E-state index in [1.54, 1.807) is 0 Å². The molecule has 0 saturated carbocycles. The Hall–Kier alpha value is -1.96. The summed E-state index contributed by atoms with van der Waals surface area (Å²) in [6, 6.07) is 11.2. The number of rotatable bonds is 6. The van der Waals surface area contributed by atoms with E-state index in [2.05, 4.69) is 15.1 Å². The number of sulfonamides is 1. The summed E-state index contributed by atoms with van der Waals surface area (Å²) < 4.78 is 26.8. The van der Waals surface area contributed by atoms with Crippen molar-refractivity contribution in [3.8, 4) is 0 Å². The molecule has 0 unspecified atom stereocenters. The zero-order valence-electron chi connectivity index (χ0n) is 10.8. The van der Waals surface area contributed by atoms with Gasteiger partial charge in [-0.2, -0.15) is 0 Å². The number of aromatic nitrogens is 1. The van der Waals surface area contributed by atoms with Gasteiger partial charge in [0, 0.05) is 18.9 Å². The van der Waals surface area contributed by atoms with Gasteiger partial charge < -0.3 is 5.43 Å². The van der Waals surface area contributed by atoms with Crippen molar-refractivity contribution in [1.29, 1.82) is 0 Å². The van der Waals surface area contributed by atoms with Crippen LogP contribution in [0.15, 0.2) is 53.7 Å². The van der Waals surface area contributed by atoms with Crippen molar-refractivity contribution in [2.75, 3.05) is 12.0 Å². The van der Waals surface area contributed by atoms with E-state index < -0.39 is 10.0 Å². The predicted octanol–water partition coefficient (Wildman–Crippen LogP) is 0.888. The van der Waals surface area contributed by atoms with Gasteiger partial charge in [0.15, 0.2) is 0 Å². The van der Waals surface area contributed by atoms with Crippen LogP contribution in [-0.4, -0.2) is 19.9 Å². The maximum atomic E-state index is 12.2. The minimum Gasteiger partial charge on any atom is -0.323 e. The highest BCUT2D eigenvalue weighted by molar-refractivity contribution is 7.89. The fourth-order valence-electron chi connectivity index (χ4n) is 1.77. The summed E-state index contributed by atoms with van der Waals surface area (Å²) >= 11 is 0. The molecule has 4 N–H and O–H groups in total. The van der Waals surface area contributed by atoms with Gasteiger partial charge in [-0.05, 0) is 18.1 Å². The summed E-state index contributed by atoms with van der Waals surface area (Å²) in [5.74, 6) is 5.30. The van der Waals surface area contributed by atoms with E-state index in [1.165, 1.54) is 18.5 Å². The Kier molecular flexibility index (Phi) is 4.67. The number of nitrogens with one attached hydrogen (secondary N) is 2. The molecule has 0 radical (unpaired) electrons. The summed E-state index contributed by atoms with van der Waals surface area (Å²) in [7, 11) is -3.63. The quantitative estimate of drug-likeness (QED) is 0.542. The van der Waals surface area contributed by atoms with Crippen molar-refractivity contribution in [3.63, 3.8) is 0 Å². The van der Waals surface area contributed by atoms with Gasteiger partial charge in [0.2, 0.25) is 10.0 Å². The monoisotopic (exact) mass is 292 g/mol. The minimum atomic E-state index is -3.63. The number of nitrogen functional groups attached to an aromatic ring is 1. The molecule has 106 valence electrons. The van der Waals surface area contributed by atoms with E-state index in [0.29, 0.717) is 18.7 Å². The van der Waals surface area contributed by atoms with Crippen LogP contribution < -0.4 is 16.0 Å². The van der Waals surface area contributed by atoms with Gasteiger partial charge in [0.25, 0.3) is 0 Å². The smallest absolute Gasteiger partial charge is 0.244 e. The molecule has 2 aromatic rings. The first-order valence-electron chi connectivity index (χ1n) is 6.08. The molecule has 0 spiro atoms. The van der Waals surface area contributed by atoms with Gasteiger partial charge in [0.05, 0.1) is 5.69 Å². The van der Waals surface area contributed by atoms with Gasteiger partial charge in [-0.25, -0.2) is 13.1 Å². The first kappa shape index (κ1) is 14.4. The average molecular weight is 292 g/mol. The molecule has 0 fully saturated rings. The number of benzene rings is 1. The SMILES string of the molecule is NNc1ccncc1S(=O)(=O)NCCc1ccccc1. The second kappa shape index (κ2) is 6.47. The van der Waals surface area contributed by atoms with Crippen LogP contribution in [0.2, 0.25) is 0 Å². The third-order valence-corrected chi connectivity index (χ3v) is 4.27. The molecule has 6 nitrogen and oxygen atoms in total. The first-order valence-corrected chi connectivity index (χ1v) is 7.56. The van der Waals surface area contributed by atoms with Crippen LogP contribution in [0.1, 0.15) is 5.56 Å². The molecule has 0 saturated heterocycles. The Morgan fingerprint density at radius 1 is 1.15 bits per heavy atom. The van der Waals surface area contributed by atoms with Crippen LogP contribution in [0.5, 0.6) is 0 Å². The van der Waals surface area contributed by atoms with Crippen LogP contribution in [-0.2, 0) is 16.4 Å². The van der Waals surface area contributed by atoms with Crippen molar-refractivity contribution in [2.24, 2.45) is 5.84 Å². The summed E-state index contributed by atoms with van der Waals surface area (Å²) in [4.78, 5) is 3.85. The molecule has 0 atom stereocenters. The van der Waals surface area contributed by atoms with Crippen LogP contribution in [0.4, 0.5) is 5.69 Å². The van der Waals surface area contributed by atoms with E-state index in [4.69, 9.17) is 5.84 Å². The van der Waals surface area contributed by atoms with Crippen LogP contribution >= 0.6 is 0 Å². The first-order chi connectivity index (χ1) is 9.63. The van der Waals surface area contributed by atoms with Gasteiger partial charge >= 0.3 is 0 Å². The molecular formula is C13H16N4O2S. The number of hydrogen-bond acceptors (Lipinski definition) is 5. The van der Waals surface area contributed by atoms with Gasteiger partial charge in [-0.3, -0.25) is 10.8 Å². The van der Waals surface area contributed by atoms with Crippen molar-refractivity contribution in [3.05, 3.63) is 54.4 Å². The average Bonchev–Trinajstić information content (AvgIpc) is 2.48. The molecular weight excluding hydrogens is 276 g/mol. The lowest BCUT2D eigenvalue weighted by Crippen LogP contribution is -2.27. The van der Waals surface area contributed by atoms with Gasteiger partial charge in [-0.1, -0.05) is 30.3 Å². The van der Waals surface area contributed by atoms with Crippen molar-refractivity contribution in [1.82, 2.24) is 9.71 Å². The lowest BCUT2D eigenvalue weighted by molar-refractivity contribution is 0.581. The highest BCUT2D eigenvalue weighted by Crippen LogP contribution is 2.17. The number of nitrogens with two attached hydrogens (primary N) is 1. The molecule has 0 aliphatic heterocycles. The summed E-state index contributed by atoms with van der Waals surface area (Å²) in [6.45, 7) is 0.311. The van der Waals surface area contributed by atoms with E-state index in [0.717, 1.165) is 5.56 Å². The van der Waals surface area contributed by atoms with E-state index >= 15 is 0 Å². The topological polar surface area (TPSA) is 97.1 Å². The third-order valence-electron chi connectivity index (χ3n) is 2.78. The minimum absolute atomic E-state index is 0.0376. The van der Waals surface area contributed by atoms with Crippen molar-refractivity contribution in [2.45, 2.75) is 11.3 Å². The second-order valence-corrected chi connectivity index (χ2v) is 5.88. The van der Waals surface area contributed by atoms with Gasteiger partial charge in [-0.15, -0.1) is 0 Å². The zero-order chi connectivity index (χ0) is 14.4. The largest absolute Gasteiger partial charge is 0.323 e. The molecule has 7 heteroatoms. The summed E-state index contributed by atoms with van der Waals surface area (Å²) in [6.07, 6.45) is 3.35. The Balaban J connectivity index is 2.04. The number of hydrazine groups is 1. The summed E-state index contributed by atoms with van der Waals surface area (Å²) in [5, 5.41) is 0. The van der Waals surface area contributed by atoms with E-state index in [9.17, 15) is 8.42 Å². The number of pyridine rings is 1. The molecule has 0 aliphatic carbocycles. The third kappa shape index (κ3) is 3.53. The van der Waals surface area contributed by atoms with Crippen LogP contribution in [0.3, 0.4) is 0 Å². The van der Waals surface area contributed by atoms with E-state index in [-0.39, 0.29) is 4.90 Å². The molecule has 20 heavy (non-hydrogen) atoms. The molecule has 2 rings (SSSR count). The molecule has 0 aliphatic rings. The van der Waals surface area contributed by atoms with Crippen molar-refractivity contribution >= 4 is 15.7 Å². The standard InChI is InChI=1S/C13H16N4O2S/c14-17-12-7-8-15-10-13(12)20(18,19)16-9-6-11-4-2-1-3-5-11/h1-5,7-8,10,16H,6,9,14H2,(H,15,17). The van der Waals surface area contributed by atoms with Crippen LogP contribution in [0.25, 0.3) is 0 Å². The van der Waals surface area contributed by atoms with Crippen molar-refractivity contribution < 1.29 is 8.42 Å². The van der Waals surface area contributed by atoms with E-state index in [1.807, 2.05) is 30.3 Å². The Bertz CT molecular complexity index is 659. The predicted molar refractivity (Wildman–Crippen MR) is 77.4 cm³/mol. The van der Waals surface area contributed by atoms with Crippen LogP contribution in [0, 0.1) is 0 Å². The molecule has 1 aromatic carbocycles. The maximum Gasteiger partial charge on any atom is 0.244 e. The number of anilines is 1. The molecule has 1 heterocycles. The second-order valence-electron chi connectivity index (χ2n) is 4.15. The molecule has 1 aromatic heterocycles. The lowest BCUT2D eigenvalue weighted by atomic mass is 10.2. The van der Waals surface area contributed by atoms with Gasteiger partial charge in [0.1, 0.15) is 4.90 Å². The highest BCUT2D eigenvalue weighted by Gasteiger charge is 2.17. The normalized spacial score (nSPS) is 11.2. The number of hydrogen-bond donors (Lipinski definition) is 3. The Morgan fingerprint density at radius 2 is 1.90 bits per heavy atom.